The van der Waals surface area contributed by atoms with Crippen LogP contribution in [0.1, 0.15) is 38.1 Å². The maximum Gasteiger partial charge on any atom is 0.0544 e. The molecule has 1 aliphatic rings. The van der Waals surface area contributed by atoms with Crippen LogP contribution in [-0.4, -0.2) is 35.6 Å². The first-order valence-corrected chi connectivity index (χ1v) is 7.52. The summed E-state index contributed by atoms with van der Waals surface area (Å²) in [5.41, 5.74) is 2.26. The maximum atomic E-state index is 4.54. The first kappa shape index (κ1) is 14.5. The van der Waals surface area contributed by atoms with Crippen LogP contribution in [0.5, 0.6) is 0 Å². The summed E-state index contributed by atoms with van der Waals surface area (Å²) in [6.45, 7) is 11.3. The van der Waals surface area contributed by atoms with Crippen molar-refractivity contribution in [1.82, 2.24) is 15.2 Å². The fraction of sp³-hybridized carbons (Fsp3) is 0.688. The van der Waals surface area contributed by atoms with Crippen LogP contribution in [0.3, 0.4) is 0 Å². The number of nitrogens with zero attached hydrogens (tertiary/aromatic N) is 2. The number of piperidine rings is 1. The topological polar surface area (TPSA) is 28.2 Å². The third kappa shape index (κ3) is 4.92. The van der Waals surface area contributed by atoms with Crippen LogP contribution in [0.4, 0.5) is 0 Å². The molecule has 2 rings (SSSR count). The molecular formula is C16H27N3. The highest BCUT2D eigenvalue weighted by Crippen LogP contribution is 2.12. The summed E-state index contributed by atoms with van der Waals surface area (Å²) >= 11 is 0. The molecule has 106 valence electrons. The second-order valence-corrected chi connectivity index (χ2v) is 6.12. The molecule has 19 heavy (non-hydrogen) atoms. The third-order valence-corrected chi connectivity index (χ3v) is 3.73. The van der Waals surface area contributed by atoms with Crippen molar-refractivity contribution < 1.29 is 0 Å². The van der Waals surface area contributed by atoms with E-state index in [1.54, 1.807) is 0 Å². The second-order valence-electron chi connectivity index (χ2n) is 6.12. The van der Waals surface area contributed by atoms with E-state index >= 15 is 0 Å². The predicted octanol–water partition coefficient (Wildman–Crippen LogP) is 2.60. The van der Waals surface area contributed by atoms with Gasteiger partial charge in [-0.25, -0.2) is 0 Å². The number of hydrogen-bond acceptors (Lipinski definition) is 3. The Bertz CT molecular complexity index is 381. The van der Waals surface area contributed by atoms with Gasteiger partial charge >= 0.3 is 0 Å². The number of pyridine rings is 1. The van der Waals surface area contributed by atoms with E-state index in [-0.39, 0.29) is 0 Å². The van der Waals surface area contributed by atoms with Gasteiger partial charge in [-0.1, -0.05) is 19.9 Å². The van der Waals surface area contributed by atoms with Gasteiger partial charge in [0.1, 0.15) is 0 Å². The van der Waals surface area contributed by atoms with Crippen LogP contribution in [0.2, 0.25) is 0 Å². The van der Waals surface area contributed by atoms with E-state index in [1.165, 1.54) is 32.5 Å². The molecule has 0 bridgehead atoms. The lowest BCUT2D eigenvalue weighted by Crippen LogP contribution is -2.43. The molecule has 1 aromatic heterocycles. The number of hydrogen-bond donors (Lipinski definition) is 1. The number of nitrogens with one attached hydrogen (secondary N) is 1. The molecule has 1 fully saturated rings. The van der Waals surface area contributed by atoms with E-state index in [9.17, 15) is 0 Å². The number of rotatable bonds is 5. The molecule has 0 aliphatic carbocycles. The van der Waals surface area contributed by atoms with Gasteiger partial charge in [0, 0.05) is 24.8 Å². The molecule has 1 saturated heterocycles. The maximum absolute atomic E-state index is 4.54. The van der Waals surface area contributed by atoms with Gasteiger partial charge in [0.05, 0.1) is 5.69 Å². The summed E-state index contributed by atoms with van der Waals surface area (Å²) in [5.74, 6) is 0.779. The van der Waals surface area contributed by atoms with Crippen LogP contribution in [-0.2, 0) is 6.54 Å². The highest BCUT2D eigenvalue weighted by Gasteiger charge is 2.19. The lowest BCUT2D eigenvalue weighted by atomic mass is 10.0. The quantitative estimate of drug-likeness (QED) is 0.883. The fourth-order valence-electron chi connectivity index (χ4n) is 2.78. The Morgan fingerprint density at radius 3 is 2.68 bits per heavy atom. The number of aromatic nitrogens is 1. The summed E-state index contributed by atoms with van der Waals surface area (Å²) in [7, 11) is 0. The second kappa shape index (κ2) is 7.01. The van der Waals surface area contributed by atoms with E-state index in [1.807, 2.05) is 13.0 Å². The van der Waals surface area contributed by atoms with Gasteiger partial charge in [0.2, 0.25) is 0 Å². The normalized spacial score (nSPS) is 18.1. The first-order valence-electron chi connectivity index (χ1n) is 7.52. The summed E-state index contributed by atoms with van der Waals surface area (Å²) in [6.07, 6.45) is 2.52. The van der Waals surface area contributed by atoms with Crippen LogP contribution >= 0.6 is 0 Å². The molecule has 0 aromatic carbocycles. The standard InChI is InChI=1S/C16H27N3/c1-13(2)12-19-9-7-15(8-10-19)17-11-16-6-4-5-14(3)18-16/h4-6,13,15,17H,7-12H2,1-3H3. The zero-order valence-electron chi connectivity index (χ0n) is 12.5. The molecule has 0 amide bonds. The lowest BCUT2D eigenvalue weighted by Gasteiger charge is -2.33. The Hall–Kier alpha value is -0.930. The van der Waals surface area contributed by atoms with E-state index in [0.29, 0.717) is 6.04 Å². The molecule has 0 unspecified atom stereocenters. The average molecular weight is 261 g/mol. The first-order chi connectivity index (χ1) is 9.13. The highest BCUT2D eigenvalue weighted by atomic mass is 15.1. The van der Waals surface area contributed by atoms with Crippen molar-refractivity contribution in [2.75, 3.05) is 19.6 Å². The van der Waals surface area contributed by atoms with Crippen molar-refractivity contribution in [3.63, 3.8) is 0 Å². The van der Waals surface area contributed by atoms with Gasteiger partial charge in [-0.2, -0.15) is 0 Å². The fourth-order valence-corrected chi connectivity index (χ4v) is 2.78. The van der Waals surface area contributed by atoms with Crippen molar-refractivity contribution in [1.29, 1.82) is 0 Å². The summed E-state index contributed by atoms with van der Waals surface area (Å²) in [6, 6.07) is 6.90. The third-order valence-electron chi connectivity index (χ3n) is 3.73. The lowest BCUT2D eigenvalue weighted by molar-refractivity contribution is 0.179. The molecule has 0 atom stereocenters. The molecule has 1 aliphatic heterocycles. The van der Waals surface area contributed by atoms with E-state index in [4.69, 9.17) is 0 Å². The molecule has 3 heteroatoms. The van der Waals surface area contributed by atoms with Crippen LogP contribution < -0.4 is 5.32 Å². The van der Waals surface area contributed by atoms with Crippen molar-refractivity contribution in [3.8, 4) is 0 Å². The predicted molar refractivity (Wildman–Crippen MR) is 80.1 cm³/mol. The van der Waals surface area contributed by atoms with Crippen LogP contribution in [0.25, 0.3) is 0 Å². The van der Waals surface area contributed by atoms with Crippen molar-refractivity contribution in [3.05, 3.63) is 29.6 Å². The zero-order valence-corrected chi connectivity index (χ0v) is 12.5. The Morgan fingerprint density at radius 2 is 2.05 bits per heavy atom. The highest BCUT2D eigenvalue weighted by molar-refractivity contribution is 5.09. The summed E-state index contributed by atoms with van der Waals surface area (Å²) in [4.78, 5) is 7.13. The minimum Gasteiger partial charge on any atom is -0.308 e. The average Bonchev–Trinajstić information content (AvgIpc) is 2.37. The summed E-state index contributed by atoms with van der Waals surface area (Å²) < 4.78 is 0. The van der Waals surface area contributed by atoms with E-state index < -0.39 is 0 Å². The van der Waals surface area contributed by atoms with Gasteiger partial charge in [-0.3, -0.25) is 4.98 Å². The smallest absolute Gasteiger partial charge is 0.0544 e. The Morgan fingerprint density at radius 1 is 1.32 bits per heavy atom. The SMILES string of the molecule is Cc1cccc(CNC2CCN(CC(C)C)CC2)n1. The van der Waals surface area contributed by atoms with Crippen molar-refractivity contribution in [2.45, 2.75) is 46.2 Å². The Labute approximate surface area is 117 Å². The Balaban J connectivity index is 1.71. The molecule has 0 spiro atoms. The van der Waals surface area contributed by atoms with Gasteiger partial charge < -0.3 is 10.2 Å². The minimum atomic E-state index is 0.658. The summed E-state index contributed by atoms with van der Waals surface area (Å²) in [5, 5.41) is 3.65. The molecule has 0 saturated carbocycles. The number of likely N-dealkylation sites (tertiary alicyclic amines) is 1. The monoisotopic (exact) mass is 261 g/mol. The van der Waals surface area contributed by atoms with Gasteiger partial charge in [0.15, 0.2) is 0 Å². The molecule has 1 aromatic rings. The Kier molecular flexibility index (Phi) is 5.34. The van der Waals surface area contributed by atoms with Gasteiger partial charge in [-0.05, 0) is 50.9 Å². The van der Waals surface area contributed by atoms with E-state index in [0.717, 1.165) is 23.9 Å². The molecule has 3 nitrogen and oxygen atoms in total. The zero-order chi connectivity index (χ0) is 13.7. The van der Waals surface area contributed by atoms with Crippen LogP contribution in [0.15, 0.2) is 18.2 Å². The van der Waals surface area contributed by atoms with Crippen LogP contribution in [0, 0.1) is 12.8 Å². The van der Waals surface area contributed by atoms with E-state index in [2.05, 4.69) is 41.2 Å². The number of aryl methyl sites for hydroxylation is 1. The molecule has 2 heterocycles. The van der Waals surface area contributed by atoms with Crippen molar-refractivity contribution in [2.24, 2.45) is 5.92 Å². The minimum absolute atomic E-state index is 0.658. The molecule has 0 radical (unpaired) electrons. The largest absolute Gasteiger partial charge is 0.308 e. The van der Waals surface area contributed by atoms with Gasteiger partial charge in [-0.15, -0.1) is 0 Å². The molecule has 1 N–H and O–H groups in total. The molecular weight excluding hydrogens is 234 g/mol. The van der Waals surface area contributed by atoms with Crippen molar-refractivity contribution >= 4 is 0 Å². The van der Waals surface area contributed by atoms with Gasteiger partial charge in [0.25, 0.3) is 0 Å².